The molecule has 0 atom stereocenters. The number of aliphatic hydroxyl groups is 1. The van der Waals surface area contributed by atoms with Crippen LogP contribution in [-0.4, -0.2) is 24.7 Å². The van der Waals surface area contributed by atoms with Crippen molar-refractivity contribution >= 4 is 5.91 Å². The lowest BCUT2D eigenvalue weighted by Crippen LogP contribution is -2.13. The fraction of sp³-hybridized carbons (Fsp3) is 0.727. The predicted molar refractivity (Wildman–Crippen MR) is 61.1 cm³/mol. The van der Waals surface area contributed by atoms with E-state index in [4.69, 9.17) is 10.8 Å². The maximum Gasteiger partial charge on any atom is 0.247 e. The SMILES string of the molecule is CC(C)CO.CCCC(=COC)C(N)=O. The molecule has 0 aromatic heterocycles. The van der Waals surface area contributed by atoms with E-state index in [1.54, 1.807) is 0 Å². The molecule has 0 rings (SSSR count). The third-order valence-electron chi connectivity index (χ3n) is 1.46. The van der Waals surface area contributed by atoms with Gasteiger partial charge in [0, 0.05) is 6.61 Å². The van der Waals surface area contributed by atoms with Crippen LogP contribution in [0.5, 0.6) is 0 Å². The lowest BCUT2D eigenvalue weighted by Gasteiger charge is -1.98. The Morgan fingerprint density at radius 1 is 1.53 bits per heavy atom. The topological polar surface area (TPSA) is 72.6 Å². The fourth-order valence-corrected chi connectivity index (χ4v) is 0.652. The Morgan fingerprint density at radius 2 is 2.00 bits per heavy atom. The van der Waals surface area contributed by atoms with Crippen LogP contribution in [0, 0.1) is 5.92 Å². The number of carbonyl (C=O) groups is 1. The monoisotopic (exact) mass is 217 g/mol. The van der Waals surface area contributed by atoms with Crippen molar-refractivity contribution in [1.29, 1.82) is 0 Å². The first-order valence-corrected chi connectivity index (χ1v) is 5.12. The second-order valence-corrected chi connectivity index (χ2v) is 3.57. The number of hydrogen-bond acceptors (Lipinski definition) is 3. The van der Waals surface area contributed by atoms with Crippen molar-refractivity contribution in [3.63, 3.8) is 0 Å². The normalized spacial score (nSPS) is 10.7. The first kappa shape index (κ1) is 16.4. The lowest BCUT2D eigenvalue weighted by molar-refractivity contribution is -0.114. The summed E-state index contributed by atoms with van der Waals surface area (Å²) in [4.78, 5) is 10.6. The predicted octanol–water partition coefficient (Wildman–Crippen LogP) is 1.44. The first-order chi connectivity index (χ1) is 6.99. The minimum atomic E-state index is -0.399. The number of aliphatic hydroxyl groups excluding tert-OH is 1. The largest absolute Gasteiger partial charge is 0.504 e. The molecule has 90 valence electrons. The average Bonchev–Trinajstić information content (AvgIpc) is 2.18. The Morgan fingerprint density at radius 3 is 2.20 bits per heavy atom. The van der Waals surface area contributed by atoms with Gasteiger partial charge in [-0.2, -0.15) is 0 Å². The molecule has 1 amide bonds. The lowest BCUT2D eigenvalue weighted by atomic mass is 10.2. The summed E-state index contributed by atoms with van der Waals surface area (Å²) in [7, 11) is 1.50. The molecule has 0 heterocycles. The number of hydrogen-bond donors (Lipinski definition) is 2. The molecule has 0 aliphatic carbocycles. The molecule has 4 nitrogen and oxygen atoms in total. The molecular weight excluding hydrogens is 194 g/mol. The zero-order chi connectivity index (χ0) is 12.3. The van der Waals surface area contributed by atoms with Gasteiger partial charge in [0.05, 0.1) is 18.9 Å². The minimum absolute atomic E-state index is 0.306. The van der Waals surface area contributed by atoms with Crippen molar-refractivity contribution in [3.05, 3.63) is 11.8 Å². The number of rotatable bonds is 5. The Bertz CT molecular complexity index is 188. The van der Waals surface area contributed by atoms with Crippen molar-refractivity contribution < 1.29 is 14.6 Å². The molecule has 0 aliphatic rings. The maximum atomic E-state index is 10.6. The Kier molecular flexibility index (Phi) is 12.1. The summed E-state index contributed by atoms with van der Waals surface area (Å²) in [5.41, 5.74) is 5.57. The Hall–Kier alpha value is -1.03. The Balaban J connectivity index is 0. The van der Waals surface area contributed by atoms with Crippen LogP contribution in [0.3, 0.4) is 0 Å². The number of carbonyl (C=O) groups excluding carboxylic acids is 1. The van der Waals surface area contributed by atoms with E-state index >= 15 is 0 Å². The third-order valence-corrected chi connectivity index (χ3v) is 1.46. The maximum absolute atomic E-state index is 10.6. The van der Waals surface area contributed by atoms with Gasteiger partial charge in [-0.3, -0.25) is 4.79 Å². The standard InChI is InChI=1S/C7H13NO2.C4H10O/c1-3-4-6(5-10-2)7(8)9;1-4(2)3-5/h5H,3-4H2,1-2H3,(H2,8,9);4-5H,3H2,1-2H3. The summed E-state index contributed by atoms with van der Waals surface area (Å²) in [6, 6.07) is 0. The van der Waals surface area contributed by atoms with Gasteiger partial charge in [0.2, 0.25) is 5.91 Å². The molecule has 0 aromatic carbocycles. The summed E-state index contributed by atoms with van der Waals surface area (Å²) in [6.07, 6.45) is 2.98. The van der Waals surface area contributed by atoms with E-state index < -0.39 is 5.91 Å². The molecule has 0 spiro atoms. The smallest absolute Gasteiger partial charge is 0.247 e. The van der Waals surface area contributed by atoms with Gasteiger partial charge in [-0.15, -0.1) is 0 Å². The number of amides is 1. The van der Waals surface area contributed by atoms with E-state index in [0.717, 1.165) is 6.42 Å². The molecule has 0 aliphatic heterocycles. The summed E-state index contributed by atoms with van der Waals surface area (Å²) in [5, 5.41) is 8.14. The van der Waals surface area contributed by atoms with Crippen molar-refractivity contribution in [2.24, 2.45) is 11.7 Å². The van der Waals surface area contributed by atoms with Gasteiger partial charge in [-0.25, -0.2) is 0 Å². The van der Waals surface area contributed by atoms with Crippen LogP contribution in [0.25, 0.3) is 0 Å². The number of methoxy groups -OCH3 is 1. The van der Waals surface area contributed by atoms with E-state index in [1.165, 1.54) is 13.4 Å². The first-order valence-electron chi connectivity index (χ1n) is 5.12. The molecule has 4 heteroatoms. The number of primary amides is 1. The van der Waals surface area contributed by atoms with Crippen LogP contribution < -0.4 is 5.73 Å². The Labute approximate surface area is 92.1 Å². The van der Waals surface area contributed by atoms with E-state index in [-0.39, 0.29) is 0 Å². The molecule has 3 N–H and O–H groups in total. The molecule has 0 aromatic rings. The molecule has 0 unspecified atom stereocenters. The highest BCUT2D eigenvalue weighted by Crippen LogP contribution is 2.02. The quantitative estimate of drug-likeness (QED) is 0.540. The second kappa shape index (κ2) is 11.0. The van der Waals surface area contributed by atoms with Crippen LogP contribution in [0.2, 0.25) is 0 Å². The highest BCUT2D eigenvalue weighted by atomic mass is 16.5. The van der Waals surface area contributed by atoms with Gasteiger partial charge in [-0.1, -0.05) is 27.2 Å². The van der Waals surface area contributed by atoms with Crippen LogP contribution in [-0.2, 0) is 9.53 Å². The van der Waals surface area contributed by atoms with E-state index in [9.17, 15) is 4.79 Å². The summed E-state index contributed by atoms with van der Waals surface area (Å²) >= 11 is 0. The highest BCUT2D eigenvalue weighted by molar-refractivity contribution is 5.91. The van der Waals surface area contributed by atoms with E-state index in [2.05, 4.69) is 4.74 Å². The second-order valence-electron chi connectivity index (χ2n) is 3.57. The van der Waals surface area contributed by atoms with Crippen LogP contribution >= 0.6 is 0 Å². The van der Waals surface area contributed by atoms with Crippen molar-refractivity contribution in [3.8, 4) is 0 Å². The summed E-state index contributed by atoms with van der Waals surface area (Å²) in [6.45, 7) is 6.23. The van der Waals surface area contributed by atoms with Crippen LogP contribution in [0.4, 0.5) is 0 Å². The summed E-state index contributed by atoms with van der Waals surface area (Å²) in [5.74, 6) is 0.0405. The zero-order valence-corrected chi connectivity index (χ0v) is 10.1. The van der Waals surface area contributed by atoms with Gasteiger partial charge in [0.25, 0.3) is 0 Å². The van der Waals surface area contributed by atoms with Gasteiger partial charge < -0.3 is 15.6 Å². The van der Waals surface area contributed by atoms with Gasteiger partial charge in [0.1, 0.15) is 0 Å². The molecule has 0 radical (unpaired) electrons. The highest BCUT2D eigenvalue weighted by Gasteiger charge is 2.01. The van der Waals surface area contributed by atoms with Gasteiger partial charge in [-0.05, 0) is 12.3 Å². The molecule has 0 bridgehead atoms. The molecule has 15 heavy (non-hydrogen) atoms. The van der Waals surface area contributed by atoms with Crippen molar-refractivity contribution in [2.75, 3.05) is 13.7 Å². The van der Waals surface area contributed by atoms with E-state index in [1.807, 2.05) is 20.8 Å². The van der Waals surface area contributed by atoms with Crippen LogP contribution in [0.1, 0.15) is 33.6 Å². The molecule has 0 fully saturated rings. The van der Waals surface area contributed by atoms with Crippen molar-refractivity contribution in [1.82, 2.24) is 0 Å². The van der Waals surface area contributed by atoms with E-state index in [0.29, 0.717) is 24.5 Å². The molecule has 0 saturated heterocycles. The number of nitrogens with two attached hydrogens (primary N) is 1. The van der Waals surface area contributed by atoms with Gasteiger partial charge in [0.15, 0.2) is 0 Å². The average molecular weight is 217 g/mol. The van der Waals surface area contributed by atoms with Crippen LogP contribution in [0.15, 0.2) is 11.8 Å². The minimum Gasteiger partial charge on any atom is -0.504 e. The third kappa shape index (κ3) is 13.0. The van der Waals surface area contributed by atoms with Crippen molar-refractivity contribution in [2.45, 2.75) is 33.6 Å². The number of ether oxygens (including phenoxy) is 1. The zero-order valence-electron chi connectivity index (χ0n) is 10.1. The fourth-order valence-electron chi connectivity index (χ4n) is 0.652. The molecule has 0 saturated carbocycles. The van der Waals surface area contributed by atoms with Gasteiger partial charge >= 0.3 is 0 Å². The summed E-state index contributed by atoms with van der Waals surface area (Å²) < 4.78 is 4.65. The molecular formula is C11H23NO3.